The molecule has 2 aromatic rings. The fraction of sp³-hybridized carbons (Fsp3) is 0.154. The van der Waals surface area contributed by atoms with Crippen molar-refractivity contribution in [2.45, 2.75) is 6.54 Å². The number of ether oxygens (including phenoxy) is 1. The van der Waals surface area contributed by atoms with Crippen molar-refractivity contribution in [3.63, 3.8) is 0 Å². The van der Waals surface area contributed by atoms with Gasteiger partial charge < -0.3 is 10.5 Å². The molecule has 0 aliphatic rings. The Morgan fingerprint density at radius 2 is 1.69 bits per heavy atom. The summed E-state index contributed by atoms with van der Waals surface area (Å²) in [5.41, 5.74) is 6.38. The normalized spacial score (nSPS) is 10.0. The van der Waals surface area contributed by atoms with Gasteiger partial charge in [-0.15, -0.1) is 0 Å². The first-order valence-corrected chi connectivity index (χ1v) is 5.27. The molecule has 0 fully saturated rings. The SMILES string of the molecule is Nc1cc[n+](CCOc2ccccc2)cc1. The summed E-state index contributed by atoms with van der Waals surface area (Å²) >= 11 is 0. The molecule has 3 nitrogen and oxygen atoms in total. The lowest BCUT2D eigenvalue weighted by atomic mass is 10.3. The number of hydrogen-bond acceptors (Lipinski definition) is 2. The Hall–Kier alpha value is -2.03. The maximum Gasteiger partial charge on any atom is 0.182 e. The van der Waals surface area contributed by atoms with E-state index in [1.165, 1.54) is 0 Å². The number of benzene rings is 1. The Morgan fingerprint density at radius 3 is 2.38 bits per heavy atom. The first kappa shape index (κ1) is 10.5. The number of pyridine rings is 1. The van der Waals surface area contributed by atoms with Crippen molar-refractivity contribution in [2.24, 2.45) is 0 Å². The Balaban J connectivity index is 1.82. The summed E-state index contributed by atoms with van der Waals surface area (Å²) in [5.74, 6) is 0.901. The summed E-state index contributed by atoms with van der Waals surface area (Å²) < 4.78 is 7.63. The van der Waals surface area contributed by atoms with Crippen LogP contribution in [0.5, 0.6) is 5.75 Å². The molecule has 1 heterocycles. The van der Waals surface area contributed by atoms with Gasteiger partial charge in [0.1, 0.15) is 12.4 Å². The van der Waals surface area contributed by atoms with Crippen LogP contribution in [0.2, 0.25) is 0 Å². The lowest BCUT2D eigenvalue weighted by Gasteiger charge is -2.03. The summed E-state index contributed by atoms with van der Waals surface area (Å²) in [6.45, 7) is 1.47. The zero-order valence-corrected chi connectivity index (χ0v) is 9.04. The van der Waals surface area contributed by atoms with E-state index >= 15 is 0 Å². The van der Waals surface area contributed by atoms with E-state index in [0.717, 1.165) is 18.0 Å². The average molecular weight is 215 g/mol. The smallest absolute Gasteiger partial charge is 0.182 e. The number of nitrogens with two attached hydrogens (primary N) is 1. The summed E-state index contributed by atoms with van der Waals surface area (Å²) in [5, 5.41) is 0. The highest BCUT2D eigenvalue weighted by atomic mass is 16.5. The molecule has 2 N–H and O–H groups in total. The molecule has 2 rings (SSSR count). The molecule has 0 saturated heterocycles. The van der Waals surface area contributed by atoms with Crippen LogP contribution < -0.4 is 15.0 Å². The van der Waals surface area contributed by atoms with Gasteiger partial charge in [0.2, 0.25) is 0 Å². The van der Waals surface area contributed by atoms with Crippen molar-refractivity contribution in [3.05, 3.63) is 54.9 Å². The van der Waals surface area contributed by atoms with Crippen LogP contribution in [-0.2, 0) is 6.54 Å². The Kier molecular flexibility index (Phi) is 3.38. The molecule has 0 aliphatic carbocycles. The van der Waals surface area contributed by atoms with Crippen LogP contribution in [0.25, 0.3) is 0 Å². The fourth-order valence-electron chi connectivity index (χ4n) is 1.40. The van der Waals surface area contributed by atoms with Crippen LogP contribution in [-0.4, -0.2) is 6.61 Å². The number of aromatic nitrogens is 1. The Bertz CT molecular complexity index is 425. The standard InChI is InChI=1S/C13H14N2O/c14-12-6-8-15(9-7-12)10-11-16-13-4-2-1-3-5-13/h1-9,14H,10-11H2/p+1. The molecule has 0 saturated carbocycles. The highest BCUT2D eigenvalue weighted by Gasteiger charge is 1.99. The minimum atomic E-state index is 0.651. The first-order chi connectivity index (χ1) is 7.84. The van der Waals surface area contributed by atoms with Crippen LogP contribution >= 0.6 is 0 Å². The third-order valence-corrected chi connectivity index (χ3v) is 2.28. The van der Waals surface area contributed by atoms with Crippen molar-refractivity contribution >= 4 is 5.69 Å². The van der Waals surface area contributed by atoms with Gasteiger partial charge >= 0.3 is 0 Å². The summed E-state index contributed by atoms with van der Waals surface area (Å²) in [4.78, 5) is 0. The maximum atomic E-state index is 5.60. The minimum absolute atomic E-state index is 0.651. The third kappa shape index (κ3) is 2.98. The maximum absolute atomic E-state index is 5.60. The van der Waals surface area contributed by atoms with Crippen molar-refractivity contribution in [2.75, 3.05) is 12.3 Å². The van der Waals surface area contributed by atoms with Crippen LogP contribution in [0.4, 0.5) is 5.69 Å². The van der Waals surface area contributed by atoms with Crippen LogP contribution in [0.15, 0.2) is 54.9 Å². The van der Waals surface area contributed by atoms with Crippen molar-refractivity contribution in [1.29, 1.82) is 0 Å². The molecule has 0 bridgehead atoms. The monoisotopic (exact) mass is 215 g/mol. The number of rotatable bonds is 4. The molecule has 0 spiro atoms. The number of nitrogens with zero attached hydrogens (tertiary/aromatic N) is 1. The van der Waals surface area contributed by atoms with Crippen molar-refractivity contribution in [1.82, 2.24) is 0 Å². The molecular formula is C13H15N2O+. The molecule has 0 unspecified atom stereocenters. The van der Waals surface area contributed by atoms with Crippen molar-refractivity contribution in [3.8, 4) is 5.75 Å². The second-order valence-electron chi connectivity index (χ2n) is 3.53. The lowest BCUT2D eigenvalue weighted by Crippen LogP contribution is -2.35. The fourth-order valence-corrected chi connectivity index (χ4v) is 1.40. The number of para-hydroxylation sites is 1. The highest BCUT2D eigenvalue weighted by molar-refractivity contribution is 5.32. The zero-order valence-electron chi connectivity index (χ0n) is 9.04. The van der Waals surface area contributed by atoms with E-state index in [2.05, 4.69) is 0 Å². The number of nitrogen functional groups attached to an aromatic ring is 1. The van der Waals surface area contributed by atoms with Gasteiger partial charge in [-0.25, -0.2) is 4.57 Å². The summed E-state index contributed by atoms with van der Waals surface area (Å²) in [6.07, 6.45) is 3.90. The van der Waals surface area contributed by atoms with E-state index < -0.39 is 0 Å². The molecule has 16 heavy (non-hydrogen) atoms. The molecule has 0 atom stereocenters. The van der Waals surface area contributed by atoms with Gasteiger partial charge in [-0.05, 0) is 12.1 Å². The van der Waals surface area contributed by atoms with Gasteiger partial charge in [0.15, 0.2) is 18.9 Å². The Morgan fingerprint density at radius 1 is 1.00 bits per heavy atom. The van der Waals surface area contributed by atoms with Gasteiger partial charge in [-0.1, -0.05) is 18.2 Å². The van der Waals surface area contributed by atoms with Gasteiger partial charge in [0.05, 0.1) is 0 Å². The predicted octanol–water partition coefficient (Wildman–Crippen LogP) is 1.64. The quantitative estimate of drug-likeness (QED) is 0.787. The van der Waals surface area contributed by atoms with Gasteiger partial charge in [-0.2, -0.15) is 0 Å². The molecule has 82 valence electrons. The number of anilines is 1. The minimum Gasteiger partial charge on any atom is -0.487 e. The van der Waals surface area contributed by atoms with E-state index in [1.807, 2.05) is 59.4 Å². The second-order valence-corrected chi connectivity index (χ2v) is 3.53. The molecule has 1 aromatic heterocycles. The van der Waals surface area contributed by atoms with E-state index in [4.69, 9.17) is 10.5 Å². The van der Waals surface area contributed by atoms with Crippen LogP contribution in [0.3, 0.4) is 0 Å². The number of hydrogen-bond donors (Lipinski definition) is 1. The van der Waals surface area contributed by atoms with Crippen LogP contribution in [0.1, 0.15) is 0 Å². The topological polar surface area (TPSA) is 39.1 Å². The van der Waals surface area contributed by atoms with E-state index in [9.17, 15) is 0 Å². The van der Waals surface area contributed by atoms with Gasteiger partial charge in [0.25, 0.3) is 0 Å². The Labute approximate surface area is 95.1 Å². The third-order valence-electron chi connectivity index (χ3n) is 2.28. The van der Waals surface area contributed by atoms with E-state index in [-0.39, 0.29) is 0 Å². The van der Waals surface area contributed by atoms with E-state index in [1.54, 1.807) is 0 Å². The predicted molar refractivity (Wildman–Crippen MR) is 63.0 cm³/mol. The molecule has 1 aromatic carbocycles. The lowest BCUT2D eigenvalue weighted by molar-refractivity contribution is -0.697. The van der Waals surface area contributed by atoms with Gasteiger partial charge in [-0.3, -0.25) is 0 Å². The average Bonchev–Trinajstić information content (AvgIpc) is 2.33. The van der Waals surface area contributed by atoms with Gasteiger partial charge in [0, 0.05) is 17.8 Å². The van der Waals surface area contributed by atoms with Crippen molar-refractivity contribution < 1.29 is 9.30 Å². The summed E-state index contributed by atoms with van der Waals surface area (Å²) in [7, 11) is 0. The molecule has 3 heteroatoms. The zero-order chi connectivity index (χ0) is 11.2. The summed E-state index contributed by atoms with van der Waals surface area (Å²) in [6, 6.07) is 13.6. The van der Waals surface area contributed by atoms with Crippen LogP contribution in [0, 0.1) is 0 Å². The first-order valence-electron chi connectivity index (χ1n) is 5.27. The van der Waals surface area contributed by atoms with E-state index in [0.29, 0.717) is 6.61 Å². The highest BCUT2D eigenvalue weighted by Crippen LogP contribution is 2.07. The molecular weight excluding hydrogens is 200 g/mol. The molecule has 0 radical (unpaired) electrons. The molecule has 0 aliphatic heterocycles. The second kappa shape index (κ2) is 5.16. The largest absolute Gasteiger partial charge is 0.487 e. The molecule has 0 amide bonds.